The zero-order valence-electron chi connectivity index (χ0n) is 16.4. The molecule has 0 atom stereocenters. The summed E-state index contributed by atoms with van der Waals surface area (Å²) in [4.78, 5) is 17.0. The lowest BCUT2D eigenvalue weighted by atomic mass is 9.74. The van der Waals surface area contributed by atoms with Crippen molar-refractivity contribution in [3.05, 3.63) is 65.2 Å². The standard InChI is InChI=1S/C23H24N2O3S/c1-27-18-8-6-17(7-9-18)23(12-14-28-15-13-23)16-24-21(26)10-11-22-25-19-4-2-3-5-20(19)29-22/h2-11H,12-16H2,1H3,(H,24,26). The maximum Gasteiger partial charge on any atom is 0.244 e. The fraction of sp³-hybridized carbons (Fsp3) is 0.304. The molecule has 0 radical (unpaired) electrons. The SMILES string of the molecule is COc1ccc(C2(CNC(=O)C=Cc3nc4ccccc4s3)CCOCC2)cc1. The second kappa shape index (κ2) is 8.76. The van der Waals surface area contributed by atoms with E-state index in [1.807, 2.05) is 36.4 Å². The molecule has 1 fully saturated rings. The number of carbonyl (C=O) groups is 1. The minimum absolute atomic E-state index is 0.108. The Hall–Kier alpha value is -2.70. The third kappa shape index (κ3) is 4.49. The van der Waals surface area contributed by atoms with Gasteiger partial charge in [0.25, 0.3) is 0 Å². The van der Waals surface area contributed by atoms with Gasteiger partial charge in [0.15, 0.2) is 0 Å². The summed E-state index contributed by atoms with van der Waals surface area (Å²) in [5.74, 6) is 0.724. The topological polar surface area (TPSA) is 60.5 Å². The summed E-state index contributed by atoms with van der Waals surface area (Å²) in [5.41, 5.74) is 2.04. The highest BCUT2D eigenvalue weighted by molar-refractivity contribution is 7.19. The molecule has 4 rings (SSSR count). The number of thiazole rings is 1. The van der Waals surface area contributed by atoms with Gasteiger partial charge in [-0.15, -0.1) is 11.3 Å². The number of aromatic nitrogens is 1. The Bertz CT molecular complexity index is 971. The van der Waals surface area contributed by atoms with Gasteiger partial charge in [-0.05, 0) is 48.7 Å². The second-order valence-corrected chi connectivity index (χ2v) is 8.25. The monoisotopic (exact) mass is 408 g/mol. The summed E-state index contributed by atoms with van der Waals surface area (Å²) < 4.78 is 12.0. The number of nitrogens with one attached hydrogen (secondary N) is 1. The number of fused-ring (bicyclic) bond motifs is 1. The number of rotatable bonds is 6. The highest BCUT2D eigenvalue weighted by Gasteiger charge is 2.34. The van der Waals surface area contributed by atoms with Gasteiger partial charge in [-0.25, -0.2) is 4.98 Å². The second-order valence-electron chi connectivity index (χ2n) is 7.19. The van der Waals surface area contributed by atoms with Crippen LogP contribution in [0.1, 0.15) is 23.4 Å². The lowest BCUT2D eigenvalue weighted by Crippen LogP contribution is -2.44. The quantitative estimate of drug-likeness (QED) is 0.622. The molecule has 1 aliphatic rings. The van der Waals surface area contributed by atoms with Gasteiger partial charge in [0.05, 0.1) is 17.3 Å². The highest BCUT2D eigenvalue weighted by atomic mass is 32.1. The van der Waals surface area contributed by atoms with Crippen LogP contribution in [0.15, 0.2) is 54.6 Å². The molecule has 1 amide bonds. The normalized spacial score (nSPS) is 16.2. The van der Waals surface area contributed by atoms with E-state index in [9.17, 15) is 4.79 Å². The number of amides is 1. The number of para-hydroxylation sites is 1. The zero-order valence-corrected chi connectivity index (χ0v) is 17.2. The van der Waals surface area contributed by atoms with Crippen molar-refractivity contribution < 1.29 is 14.3 Å². The Morgan fingerprint density at radius 3 is 2.69 bits per heavy atom. The first-order valence-electron chi connectivity index (χ1n) is 9.72. The molecule has 0 spiro atoms. The van der Waals surface area contributed by atoms with Gasteiger partial charge in [-0.3, -0.25) is 4.79 Å². The van der Waals surface area contributed by atoms with E-state index >= 15 is 0 Å². The molecule has 0 unspecified atom stereocenters. The molecule has 29 heavy (non-hydrogen) atoms. The summed E-state index contributed by atoms with van der Waals surface area (Å²) in [6.45, 7) is 1.97. The maximum atomic E-state index is 12.5. The molecule has 2 heterocycles. The molecule has 2 aromatic carbocycles. The molecule has 6 heteroatoms. The van der Waals surface area contributed by atoms with Crippen LogP contribution >= 0.6 is 11.3 Å². The fourth-order valence-electron chi connectivity index (χ4n) is 3.70. The summed E-state index contributed by atoms with van der Waals surface area (Å²) >= 11 is 1.58. The van der Waals surface area contributed by atoms with Crippen molar-refractivity contribution in [1.82, 2.24) is 10.3 Å². The molecule has 150 valence electrons. The Morgan fingerprint density at radius 2 is 1.97 bits per heavy atom. The van der Waals surface area contributed by atoms with E-state index < -0.39 is 0 Å². The van der Waals surface area contributed by atoms with Crippen LogP contribution in [0.5, 0.6) is 5.75 Å². The van der Waals surface area contributed by atoms with Crippen molar-refractivity contribution in [2.24, 2.45) is 0 Å². The number of carbonyl (C=O) groups excluding carboxylic acids is 1. The molecule has 1 saturated heterocycles. The molecule has 1 aromatic heterocycles. The van der Waals surface area contributed by atoms with Crippen molar-refractivity contribution >= 4 is 33.5 Å². The van der Waals surface area contributed by atoms with Crippen molar-refractivity contribution in [3.8, 4) is 5.75 Å². The molecule has 0 saturated carbocycles. The predicted molar refractivity (Wildman–Crippen MR) is 116 cm³/mol. The highest BCUT2D eigenvalue weighted by Crippen LogP contribution is 2.35. The molecule has 0 bridgehead atoms. The number of ether oxygens (including phenoxy) is 2. The Morgan fingerprint density at radius 1 is 1.21 bits per heavy atom. The van der Waals surface area contributed by atoms with E-state index in [0.29, 0.717) is 19.8 Å². The van der Waals surface area contributed by atoms with Crippen LogP contribution in [0.3, 0.4) is 0 Å². The first-order valence-corrected chi connectivity index (χ1v) is 10.5. The summed E-state index contributed by atoms with van der Waals surface area (Å²) in [6.07, 6.45) is 5.10. The number of hydrogen-bond donors (Lipinski definition) is 1. The summed E-state index contributed by atoms with van der Waals surface area (Å²) in [7, 11) is 1.66. The molecule has 3 aromatic rings. The predicted octanol–water partition coefficient (Wildman–Crippen LogP) is 4.18. The molecule has 0 aliphatic carbocycles. The first-order chi connectivity index (χ1) is 14.2. The minimum Gasteiger partial charge on any atom is -0.497 e. The van der Waals surface area contributed by atoms with E-state index in [2.05, 4.69) is 22.4 Å². The molecule has 1 aliphatic heterocycles. The van der Waals surface area contributed by atoms with Crippen molar-refractivity contribution in [2.75, 3.05) is 26.9 Å². The Kier molecular flexibility index (Phi) is 5.92. The van der Waals surface area contributed by atoms with Gasteiger partial charge in [-0.2, -0.15) is 0 Å². The lowest BCUT2D eigenvalue weighted by Gasteiger charge is -2.38. The molecular weight excluding hydrogens is 384 g/mol. The van der Waals surface area contributed by atoms with Crippen LogP contribution in [-0.4, -0.2) is 37.8 Å². The third-order valence-electron chi connectivity index (χ3n) is 5.44. The van der Waals surface area contributed by atoms with Crippen LogP contribution in [0.2, 0.25) is 0 Å². The fourth-order valence-corrected chi connectivity index (χ4v) is 4.57. The number of methoxy groups -OCH3 is 1. The van der Waals surface area contributed by atoms with E-state index in [-0.39, 0.29) is 11.3 Å². The van der Waals surface area contributed by atoms with E-state index in [4.69, 9.17) is 9.47 Å². The zero-order chi connectivity index (χ0) is 20.1. The maximum absolute atomic E-state index is 12.5. The Balaban J connectivity index is 1.44. The van der Waals surface area contributed by atoms with Crippen LogP contribution in [0.25, 0.3) is 16.3 Å². The van der Waals surface area contributed by atoms with Gasteiger partial charge < -0.3 is 14.8 Å². The number of hydrogen-bond acceptors (Lipinski definition) is 5. The average molecular weight is 409 g/mol. The van der Waals surface area contributed by atoms with Gasteiger partial charge >= 0.3 is 0 Å². The van der Waals surface area contributed by atoms with Crippen LogP contribution in [0.4, 0.5) is 0 Å². The largest absolute Gasteiger partial charge is 0.497 e. The van der Waals surface area contributed by atoms with Crippen LogP contribution < -0.4 is 10.1 Å². The van der Waals surface area contributed by atoms with Crippen molar-refractivity contribution in [3.63, 3.8) is 0 Å². The van der Waals surface area contributed by atoms with E-state index in [1.165, 1.54) is 5.56 Å². The van der Waals surface area contributed by atoms with Crippen LogP contribution in [0, 0.1) is 0 Å². The molecular formula is C23H24N2O3S. The van der Waals surface area contributed by atoms with Gasteiger partial charge in [-0.1, -0.05) is 24.3 Å². The summed E-state index contributed by atoms with van der Waals surface area (Å²) in [5, 5.41) is 3.92. The average Bonchev–Trinajstić information content (AvgIpc) is 3.20. The van der Waals surface area contributed by atoms with Gasteiger partial charge in [0.2, 0.25) is 5.91 Å². The molecule has 1 N–H and O–H groups in total. The van der Waals surface area contributed by atoms with E-state index in [1.54, 1.807) is 30.6 Å². The first kappa shape index (κ1) is 19.6. The van der Waals surface area contributed by atoms with Crippen molar-refractivity contribution in [2.45, 2.75) is 18.3 Å². The van der Waals surface area contributed by atoms with Gasteiger partial charge in [0.1, 0.15) is 10.8 Å². The van der Waals surface area contributed by atoms with Crippen LogP contribution in [-0.2, 0) is 14.9 Å². The molecule has 5 nitrogen and oxygen atoms in total. The number of nitrogens with zero attached hydrogens (tertiary/aromatic N) is 1. The third-order valence-corrected chi connectivity index (χ3v) is 6.44. The van der Waals surface area contributed by atoms with E-state index in [0.717, 1.165) is 33.8 Å². The Labute approximate surface area is 174 Å². The summed E-state index contributed by atoms with van der Waals surface area (Å²) in [6, 6.07) is 16.1. The minimum atomic E-state index is -0.121. The van der Waals surface area contributed by atoms with Crippen molar-refractivity contribution in [1.29, 1.82) is 0 Å². The number of benzene rings is 2. The smallest absolute Gasteiger partial charge is 0.244 e. The lowest BCUT2D eigenvalue weighted by molar-refractivity contribution is -0.116. The van der Waals surface area contributed by atoms with Gasteiger partial charge in [0, 0.05) is 31.2 Å².